The lowest BCUT2D eigenvalue weighted by atomic mass is 9.88. The van der Waals surface area contributed by atoms with E-state index in [4.69, 9.17) is 23.7 Å². The molecule has 2 aliphatic heterocycles. The van der Waals surface area contributed by atoms with Crippen LogP contribution in [0.5, 0.6) is 0 Å². The highest BCUT2D eigenvalue weighted by Gasteiger charge is 2.38. The van der Waals surface area contributed by atoms with Gasteiger partial charge < -0.3 is 23.7 Å². The van der Waals surface area contributed by atoms with Gasteiger partial charge >= 0.3 is 0 Å². The summed E-state index contributed by atoms with van der Waals surface area (Å²) in [4.78, 5) is 0. The predicted molar refractivity (Wildman–Crippen MR) is 89.7 cm³/mol. The van der Waals surface area contributed by atoms with E-state index in [-0.39, 0.29) is 11.9 Å². The fraction of sp³-hybridized carbons (Fsp3) is 0.684. The molecule has 1 aromatic carbocycles. The lowest BCUT2D eigenvalue weighted by Gasteiger charge is -2.29. The lowest BCUT2D eigenvalue weighted by molar-refractivity contribution is -0.168. The van der Waals surface area contributed by atoms with Crippen LogP contribution in [0.25, 0.3) is 0 Å². The summed E-state index contributed by atoms with van der Waals surface area (Å²) in [5.74, 6) is 0. The van der Waals surface area contributed by atoms with E-state index in [0.717, 1.165) is 49.2 Å². The minimum Gasteiger partial charge on any atom is -0.380 e. The number of methoxy groups -OCH3 is 2. The van der Waals surface area contributed by atoms with Gasteiger partial charge in [0.05, 0.1) is 19.8 Å². The second-order valence-electron chi connectivity index (χ2n) is 6.53. The number of benzene rings is 1. The monoisotopic (exact) mass is 336 g/mol. The van der Waals surface area contributed by atoms with Crippen LogP contribution in [0.2, 0.25) is 0 Å². The average molecular weight is 336 g/mol. The largest absolute Gasteiger partial charge is 0.380 e. The van der Waals surface area contributed by atoms with Crippen LogP contribution in [0.15, 0.2) is 18.2 Å². The van der Waals surface area contributed by atoms with E-state index in [2.05, 4.69) is 18.2 Å². The van der Waals surface area contributed by atoms with Crippen LogP contribution >= 0.6 is 0 Å². The van der Waals surface area contributed by atoms with Gasteiger partial charge in [-0.1, -0.05) is 18.2 Å². The highest BCUT2D eigenvalue weighted by molar-refractivity contribution is 5.36. The predicted octanol–water partition coefficient (Wildman–Crippen LogP) is 3.14. The maximum Gasteiger partial charge on any atom is 0.158 e. The normalized spacial score (nSPS) is 27.5. The molecule has 2 unspecified atom stereocenters. The molecule has 5 heteroatoms. The summed E-state index contributed by atoms with van der Waals surface area (Å²) in [6, 6.07) is 6.39. The Labute approximate surface area is 144 Å². The molecule has 3 rings (SSSR count). The van der Waals surface area contributed by atoms with Crippen molar-refractivity contribution < 1.29 is 23.7 Å². The molecule has 2 atom stereocenters. The van der Waals surface area contributed by atoms with Gasteiger partial charge in [-0.05, 0) is 36.0 Å². The van der Waals surface area contributed by atoms with Gasteiger partial charge in [0, 0.05) is 33.9 Å². The van der Waals surface area contributed by atoms with Crippen molar-refractivity contribution in [1.82, 2.24) is 0 Å². The molecule has 0 saturated carbocycles. The molecule has 2 saturated heterocycles. The Kier molecular flexibility index (Phi) is 6.25. The van der Waals surface area contributed by atoms with E-state index in [1.807, 2.05) is 0 Å². The Balaban J connectivity index is 1.74. The molecule has 0 radical (unpaired) electrons. The molecule has 2 fully saturated rings. The van der Waals surface area contributed by atoms with E-state index in [1.165, 1.54) is 6.42 Å². The first kappa shape index (κ1) is 17.8. The van der Waals surface area contributed by atoms with Crippen LogP contribution < -0.4 is 0 Å². The zero-order valence-electron chi connectivity index (χ0n) is 14.7. The zero-order chi connectivity index (χ0) is 16.8. The smallest absolute Gasteiger partial charge is 0.158 e. The Hall–Kier alpha value is -0.980. The van der Waals surface area contributed by atoms with Crippen molar-refractivity contribution in [2.75, 3.05) is 34.0 Å². The number of hydrogen-bond acceptors (Lipinski definition) is 5. The van der Waals surface area contributed by atoms with Crippen LogP contribution in [0.3, 0.4) is 0 Å². The van der Waals surface area contributed by atoms with Gasteiger partial charge in [0.15, 0.2) is 6.29 Å². The maximum absolute atomic E-state index is 5.90. The Morgan fingerprint density at radius 1 is 1.17 bits per heavy atom. The van der Waals surface area contributed by atoms with E-state index in [1.54, 1.807) is 14.2 Å². The average Bonchev–Trinajstić information content (AvgIpc) is 3.11. The Morgan fingerprint density at radius 2 is 2.08 bits per heavy atom. The topological polar surface area (TPSA) is 46.2 Å². The van der Waals surface area contributed by atoms with Crippen molar-refractivity contribution in [1.29, 1.82) is 0 Å². The summed E-state index contributed by atoms with van der Waals surface area (Å²) in [7, 11) is 3.47. The number of ether oxygens (including phenoxy) is 5. The molecule has 5 nitrogen and oxygen atoms in total. The molecular formula is C19H28O5. The zero-order valence-corrected chi connectivity index (χ0v) is 14.7. The SMILES string of the molecule is COCc1cc(COC2CCCCO2)ccc1C1(OC)CCOC1. The van der Waals surface area contributed by atoms with Gasteiger partial charge in [-0.15, -0.1) is 0 Å². The lowest BCUT2D eigenvalue weighted by Crippen LogP contribution is -2.30. The first-order chi connectivity index (χ1) is 11.8. The number of hydrogen-bond donors (Lipinski definition) is 0. The molecule has 0 aromatic heterocycles. The summed E-state index contributed by atoms with van der Waals surface area (Å²) in [5.41, 5.74) is 3.06. The maximum atomic E-state index is 5.90. The first-order valence-electron chi connectivity index (χ1n) is 8.75. The van der Waals surface area contributed by atoms with E-state index in [9.17, 15) is 0 Å². The molecule has 2 aliphatic rings. The quantitative estimate of drug-likeness (QED) is 0.765. The summed E-state index contributed by atoms with van der Waals surface area (Å²) in [6.45, 7) is 3.22. The van der Waals surface area contributed by atoms with Crippen molar-refractivity contribution in [3.63, 3.8) is 0 Å². The van der Waals surface area contributed by atoms with Crippen molar-refractivity contribution in [3.8, 4) is 0 Å². The Bertz CT molecular complexity index is 518. The van der Waals surface area contributed by atoms with Gasteiger partial charge in [0.2, 0.25) is 0 Å². The summed E-state index contributed by atoms with van der Waals surface area (Å²) in [6.07, 6.45) is 4.08. The molecule has 24 heavy (non-hydrogen) atoms. The third-order valence-electron chi connectivity index (χ3n) is 4.91. The van der Waals surface area contributed by atoms with Crippen LogP contribution in [0, 0.1) is 0 Å². The van der Waals surface area contributed by atoms with Crippen LogP contribution in [-0.2, 0) is 42.5 Å². The molecule has 0 bridgehead atoms. The van der Waals surface area contributed by atoms with Gasteiger partial charge in [-0.25, -0.2) is 0 Å². The van der Waals surface area contributed by atoms with Gasteiger partial charge in [0.1, 0.15) is 5.60 Å². The minimum absolute atomic E-state index is 0.0714. The number of rotatable bonds is 7. The van der Waals surface area contributed by atoms with E-state index in [0.29, 0.717) is 19.8 Å². The second kappa shape index (κ2) is 8.41. The van der Waals surface area contributed by atoms with Gasteiger partial charge in [0.25, 0.3) is 0 Å². The fourth-order valence-electron chi connectivity index (χ4n) is 3.52. The molecule has 134 valence electrons. The van der Waals surface area contributed by atoms with Gasteiger partial charge in [-0.3, -0.25) is 0 Å². The van der Waals surface area contributed by atoms with Crippen molar-refractivity contribution in [3.05, 3.63) is 34.9 Å². The summed E-state index contributed by atoms with van der Waals surface area (Å²) >= 11 is 0. The van der Waals surface area contributed by atoms with Crippen LogP contribution in [0.4, 0.5) is 0 Å². The molecule has 2 heterocycles. The van der Waals surface area contributed by atoms with Crippen LogP contribution in [0.1, 0.15) is 42.4 Å². The van der Waals surface area contributed by atoms with E-state index < -0.39 is 0 Å². The van der Waals surface area contributed by atoms with Gasteiger partial charge in [-0.2, -0.15) is 0 Å². The molecule has 0 aliphatic carbocycles. The summed E-state index contributed by atoms with van der Waals surface area (Å²) < 4.78 is 28.4. The first-order valence-corrected chi connectivity index (χ1v) is 8.75. The minimum atomic E-state index is -0.361. The molecule has 1 aromatic rings. The molecule has 0 spiro atoms. The van der Waals surface area contributed by atoms with E-state index >= 15 is 0 Å². The third-order valence-corrected chi connectivity index (χ3v) is 4.91. The highest BCUT2D eigenvalue weighted by atomic mass is 16.7. The van der Waals surface area contributed by atoms with Crippen molar-refractivity contribution in [2.45, 2.75) is 50.8 Å². The highest BCUT2D eigenvalue weighted by Crippen LogP contribution is 2.36. The molecular weight excluding hydrogens is 308 g/mol. The summed E-state index contributed by atoms with van der Waals surface area (Å²) in [5, 5.41) is 0. The third kappa shape index (κ3) is 3.98. The second-order valence-corrected chi connectivity index (χ2v) is 6.53. The van der Waals surface area contributed by atoms with Crippen molar-refractivity contribution >= 4 is 0 Å². The standard InChI is InChI=1S/C19H28O5/c1-20-13-16-11-15(12-24-18-5-3-4-9-23-18)6-7-17(16)19(21-2)8-10-22-14-19/h6-7,11,18H,3-5,8-10,12-14H2,1-2H3. The Morgan fingerprint density at radius 3 is 2.75 bits per heavy atom. The van der Waals surface area contributed by atoms with Crippen LogP contribution in [-0.4, -0.2) is 40.3 Å². The van der Waals surface area contributed by atoms with Crippen molar-refractivity contribution in [2.24, 2.45) is 0 Å². The fourth-order valence-corrected chi connectivity index (χ4v) is 3.52. The molecule has 0 amide bonds. The molecule has 0 N–H and O–H groups in total.